The Labute approximate surface area is 134 Å². The number of benzene rings is 2. The number of hydrogen-bond acceptors (Lipinski definition) is 3. The summed E-state index contributed by atoms with van der Waals surface area (Å²) in [5, 5.41) is 11.6. The van der Waals surface area contributed by atoms with Crippen molar-refractivity contribution < 1.29 is 19.4 Å². The van der Waals surface area contributed by atoms with Crippen molar-refractivity contribution >= 4 is 12.1 Å². The summed E-state index contributed by atoms with van der Waals surface area (Å²) < 4.78 is 5.13. The fraction of sp³-hybridized carbons (Fsp3) is 0.222. The topological polar surface area (TPSA) is 75.6 Å². The molecule has 0 radical (unpaired) electrons. The van der Waals surface area contributed by atoms with Crippen LogP contribution in [0.4, 0.5) is 4.79 Å². The molecule has 0 aliphatic carbocycles. The van der Waals surface area contributed by atoms with Crippen LogP contribution in [0, 0.1) is 0 Å². The average Bonchev–Trinajstić information content (AvgIpc) is 2.54. The van der Waals surface area contributed by atoms with Crippen LogP contribution < -0.4 is 5.32 Å². The fourth-order valence-electron chi connectivity index (χ4n) is 2.22. The van der Waals surface area contributed by atoms with Crippen LogP contribution >= 0.6 is 0 Å². The van der Waals surface area contributed by atoms with Crippen LogP contribution in [0.2, 0.25) is 0 Å². The minimum atomic E-state index is -0.964. The second kappa shape index (κ2) is 8.58. The average molecular weight is 313 g/mol. The molecule has 1 atom stereocenters. The van der Waals surface area contributed by atoms with Crippen molar-refractivity contribution in [2.75, 3.05) is 0 Å². The van der Waals surface area contributed by atoms with E-state index in [9.17, 15) is 9.59 Å². The Kier molecular flexibility index (Phi) is 6.17. The number of carbonyl (C=O) groups is 2. The number of hydrogen-bond donors (Lipinski definition) is 2. The third kappa shape index (κ3) is 6.22. The molecule has 2 aromatic carbocycles. The molecule has 0 spiro atoms. The Balaban J connectivity index is 1.88. The molecule has 2 rings (SSSR count). The van der Waals surface area contributed by atoms with Gasteiger partial charge in [-0.3, -0.25) is 4.79 Å². The number of alkyl carbamates (subject to hydrolysis) is 1. The van der Waals surface area contributed by atoms with Gasteiger partial charge in [-0.15, -0.1) is 0 Å². The van der Waals surface area contributed by atoms with E-state index in [0.717, 1.165) is 11.1 Å². The lowest BCUT2D eigenvalue weighted by atomic mass is 10.0. The standard InChI is InChI=1S/C18H19NO4/c20-17(21)12-16(11-14-7-3-1-4-8-14)19-18(22)23-13-15-9-5-2-6-10-15/h1-10,16H,11-13H2,(H,19,22)(H,20,21). The molecule has 0 aliphatic heterocycles. The van der Waals surface area contributed by atoms with Crippen molar-refractivity contribution in [2.24, 2.45) is 0 Å². The second-order valence-corrected chi connectivity index (χ2v) is 5.19. The van der Waals surface area contributed by atoms with Crippen LogP contribution in [0.5, 0.6) is 0 Å². The van der Waals surface area contributed by atoms with E-state index in [1.165, 1.54) is 0 Å². The van der Waals surface area contributed by atoms with Gasteiger partial charge in [-0.1, -0.05) is 60.7 Å². The van der Waals surface area contributed by atoms with Crippen LogP contribution in [0.3, 0.4) is 0 Å². The van der Waals surface area contributed by atoms with Gasteiger partial charge >= 0.3 is 12.1 Å². The predicted octanol–water partition coefficient (Wildman–Crippen LogP) is 3.00. The van der Waals surface area contributed by atoms with E-state index < -0.39 is 18.1 Å². The molecule has 0 saturated heterocycles. The number of amides is 1. The molecule has 120 valence electrons. The van der Waals surface area contributed by atoms with Gasteiger partial charge in [0.25, 0.3) is 0 Å². The Morgan fingerprint density at radius 3 is 2.09 bits per heavy atom. The van der Waals surface area contributed by atoms with Gasteiger partial charge in [-0.25, -0.2) is 4.79 Å². The minimum absolute atomic E-state index is 0.151. The first kappa shape index (κ1) is 16.5. The smallest absolute Gasteiger partial charge is 0.407 e. The van der Waals surface area contributed by atoms with Crippen molar-refractivity contribution in [2.45, 2.75) is 25.5 Å². The van der Waals surface area contributed by atoms with Crippen molar-refractivity contribution in [1.82, 2.24) is 5.32 Å². The van der Waals surface area contributed by atoms with Gasteiger partial charge in [0.2, 0.25) is 0 Å². The molecule has 1 amide bonds. The van der Waals surface area contributed by atoms with Crippen LogP contribution in [0.1, 0.15) is 17.5 Å². The quantitative estimate of drug-likeness (QED) is 0.824. The molecule has 2 aromatic rings. The van der Waals surface area contributed by atoms with Gasteiger partial charge in [-0.2, -0.15) is 0 Å². The summed E-state index contributed by atoms with van der Waals surface area (Å²) in [7, 11) is 0. The third-order valence-electron chi connectivity index (χ3n) is 3.28. The summed E-state index contributed by atoms with van der Waals surface area (Å²) in [5.41, 5.74) is 1.84. The van der Waals surface area contributed by atoms with E-state index in [0.29, 0.717) is 6.42 Å². The van der Waals surface area contributed by atoms with Crippen LogP contribution in [0.15, 0.2) is 60.7 Å². The molecule has 0 aromatic heterocycles. The zero-order valence-electron chi connectivity index (χ0n) is 12.6. The number of rotatable bonds is 7. The van der Waals surface area contributed by atoms with E-state index in [4.69, 9.17) is 9.84 Å². The zero-order valence-corrected chi connectivity index (χ0v) is 12.6. The normalized spacial score (nSPS) is 11.5. The number of aliphatic carboxylic acids is 1. The van der Waals surface area contributed by atoms with Gasteiger partial charge in [0.05, 0.1) is 6.42 Å². The molecule has 0 bridgehead atoms. The maximum Gasteiger partial charge on any atom is 0.407 e. The van der Waals surface area contributed by atoms with Gasteiger partial charge in [-0.05, 0) is 17.5 Å². The first-order valence-electron chi connectivity index (χ1n) is 7.36. The minimum Gasteiger partial charge on any atom is -0.481 e. The van der Waals surface area contributed by atoms with Crippen molar-refractivity contribution in [3.8, 4) is 0 Å². The third-order valence-corrected chi connectivity index (χ3v) is 3.28. The first-order valence-corrected chi connectivity index (χ1v) is 7.36. The molecular formula is C18H19NO4. The number of carbonyl (C=O) groups excluding carboxylic acids is 1. The van der Waals surface area contributed by atoms with E-state index in [2.05, 4.69) is 5.32 Å². The second-order valence-electron chi connectivity index (χ2n) is 5.19. The predicted molar refractivity (Wildman–Crippen MR) is 85.9 cm³/mol. The Bertz CT molecular complexity index is 628. The summed E-state index contributed by atoms with van der Waals surface area (Å²) in [6.45, 7) is 0.151. The maximum atomic E-state index is 11.9. The van der Waals surface area contributed by atoms with Crippen molar-refractivity contribution in [3.05, 3.63) is 71.8 Å². The van der Waals surface area contributed by atoms with Gasteiger partial charge in [0, 0.05) is 6.04 Å². The maximum absolute atomic E-state index is 11.9. The molecule has 0 heterocycles. The molecule has 0 aliphatic rings. The molecule has 2 N–H and O–H groups in total. The molecule has 0 saturated carbocycles. The molecule has 1 unspecified atom stereocenters. The zero-order chi connectivity index (χ0) is 16.5. The molecule has 0 fully saturated rings. The molecule has 23 heavy (non-hydrogen) atoms. The van der Waals surface area contributed by atoms with Gasteiger partial charge < -0.3 is 15.2 Å². The Hall–Kier alpha value is -2.82. The highest BCUT2D eigenvalue weighted by Gasteiger charge is 2.17. The van der Waals surface area contributed by atoms with E-state index >= 15 is 0 Å². The summed E-state index contributed by atoms with van der Waals surface area (Å²) in [5.74, 6) is -0.964. The van der Waals surface area contributed by atoms with E-state index in [1.54, 1.807) is 0 Å². The lowest BCUT2D eigenvalue weighted by molar-refractivity contribution is -0.137. The van der Waals surface area contributed by atoms with E-state index in [-0.39, 0.29) is 13.0 Å². The summed E-state index contributed by atoms with van der Waals surface area (Å²) >= 11 is 0. The largest absolute Gasteiger partial charge is 0.481 e. The van der Waals surface area contributed by atoms with Crippen LogP contribution in [-0.2, 0) is 22.6 Å². The highest BCUT2D eigenvalue weighted by molar-refractivity contribution is 5.71. The molecular weight excluding hydrogens is 294 g/mol. The van der Waals surface area contributed by atoms with Crippen LogP contribution in [0.25, 0.3) is 0 Å². The highest BCUT2D eigenvalue weighted by atomic mass is 16.5. The van der Waals surface area contributed by atoms with Crippen molar-refractivity contribution in [3.63, 3.8) is 0 Å². The number of carboxylic acid groups (broad SMARTS) is 1. The van der Waals surface area contributed by atoms with Gasteiger partial charge in [0.1, 0.15) is 6.61 Å². The van der Waals surface area contributed by atoms with Crippen molar-refractivity contribution in [1.29, 1.82) is 0 Å². The summed E-state index contributed by atoms with van der Waals surface area (Å²) in [4.78, 5) is 22.8. The molecule has 5 heteroatoms. The summed E-state index contributed by atoms with van der Waals surface area (Å²) in [6, 6.07) is 18.2. The van der Waals surface area contributed by atoms with Gasteiger partial charge in [0.15, 0.2) is 0 Å². The number of ether oxygens (including phenoxy) is 1. The number of nitrogens with one attached hydrogen (secondary N) is 1. The molecule has 5 nitrogen and oxygen atoms in total. The monoisotopic (exact) mass is 313 g/mol. The Morgan fingerprint density at radius 1 is 0.957 bits per heavy atom. The lowest BCUT2D eigenvalue weighted by Crippen LogP contribution is -2.38. The lowest BCUT2D eigenvalue weighted by Gasteiger charge is -2.17. The van der Waals surface area contributed by atoms with E-state index in [1.807, 2.05) is 60.7 Å². The van der Waals surface area contributed by atoms with Crippen LogP contribution in [-0.4, -0.2) is 23.2 Å². The number of carboxylic acids is 1. The highest BCUT2D eigenvalue weighted by Crippen LogP contribution is 2.07. The first-order chi connectivity index (χ1) is 11.1. The summed E-state index contributed by atoms with van der Waals surface area (Å²) in [6.07, 6.45) is -0.334. The Morgan fingerprint density at radius 2 is 1.52 bits per heavy atom. The fourth-order valence-corrected chi connectivity index (χ4v) is 2.22. The SMILES string of the molecule is O=C(O)CC(Cc1ccccc1)NC(=O)OCc1ccccc1.